The highest BCUT2D eigenvalue weighted by molar-refractivity contribution is 8.00. The first-order valence-electron chi connectivity index (χ1n) is 12.2. The van der Waals surface area contributed by atoms with Gasteiger partial charge >= 0.3 is 0 Å². The van der Waals surface area contributed by atoms with Crippen LogP contribution in [0.3, 0.4) is 0 Å². The quantitative estimate of drug-likeness (QED) is 0.208. The Balaban J connectivity index is 1.53. The second kappa shape index (κ2) is 10.8. The van der Waals surface area contributed by atoms with Crippen LogP contribution in [0.1, 0.15) is 45.7 Å². The van der Waals surface area contributed by atoms with E-state index in [0.717, 1.165) is 9.79 Å². The van der Waals surface area contributed by atoms with Gasteiger partial charge in [-0.1, -0.05) is 47.8 Å². The van der Waals surface area contributed by atoms with Crippen molar-refractivity contribution in [1.29, 1.82) is 0 Å². The number of ether oxygens (including phenoxy) is 2. The Kier molecular flexibility index (Phi) is 7.35. The van der Waals surface area contributed by atoms with E-state index in [-0.39, 0.29) is 11.6 Å². The minimum atomic E-state index is -0.199. The average Bonchev–Trinajstić information content (AvgIpc) is 2.90. The van der Waals surface area contributed by atoms with Gasteiger partial charge in [0.25, 0.3) is 0 Å². The molecule has 0 unspecified atom stereocenters. The van der Waals surface area contributed by atoms with E-state index < -0.39 is 0 Å². The lowest BCUT2D eigenvalue weighted by Gasteiger charge is -2.22. The Morgan fingerprint density at radius 3 is 1.45 bits per heavy atom. The van der Waals surface area contributed by atoms with Gasteiger partial charge in [0.05, 0.1) is 13.2 Å². The molecule has 0 heterocycles. The molecule has 6 nitrogen and oxygen atoms in total. The number of carbonyl (C=O) groups excluding carboxylic acids is 2. The first-order valence-corrected chi connectivity index (χ1v) is 13.8. The molecule has 8 heteroatoms. The van der Waals surface area contributed by atoms with Crippen LogP contribution in [0.5, 0.6) is 11.5 Å². The minimum Gasteiger partial charge on any atom is -0.494 e. The lowest BCUT2D eigenvalue weighted by atomic mass is 9.84. The minimum absolute atomic E-state index is 0.182. The highest BCUT2D eigenvalue weighted by atomic mass is 32.2. The molecule has 0 aliphatic heterocycles. The van der Waals surface area contributed by atoms with Crippen LogP contribution in [-0.2, 0) is 0 Å². The van der Waals surface area contributed by atoms with Gasteiger partial charge < -0.3 is 20.9 Å². The zero-order valence-electron chi connectivity index (χ0n) is 20.9. The molecule has 1 aliphatic rings. The monoisotopic (exact) mass is 542 g/mol. The third-order valence-electron chi connectivity index (χ3n) is 6.02. The Morgan fingerprint density at radius 2 is 1.05 bits per heavy atom. The second-order valence-corrected chi connectivity index (χ2v) is 10.7. The molecule has 0 spiro atoms. The van der Waals surface area contributed by atoms with Crippen LogP contribution in [0.4, 0.5) is 11.4 Å². The van der Waals surface area contributed by atoms with E-state index >= 15 is 0 Å². The van der Waals surface area contributed by atoms with Crippen LogP contribution in [0.15, 0.2) is 92.4 Å². The van der Waals surface area contributed by atoms with Gasteiger partial charge in [-0.05, 0) is 50.2 Å². The first kappa shape index (κ1) is 25.8. The normalized spacial score (nSPS) is 12.2. The molecule has 5 rings (SSSR count). The predicted molar refractivity (Wildman–Crippen MR) is 152 cm³/mol. The number of fused-ring (bicyclic) bond motifs is 2. The van der Waals surface area contributed by atoms with Gasteiger partial charge in [-0.2, -0.15) is 0 Å². The maximum Gasteiger partial charge on any atom is 0.196 e. The standard InChI is InChI=1S/C30H26N2O4S2/c1-3-35-17-11-13-23(21(31)15-17)37-25-9-5-7-19-27(25)30(34)28-20(29(19)33)8-6-10-26(28)38-24-14-12-18(36-4-2)16-22(24)32/h5-16H,3-4,31-32H2,1-2H3. The lowest BCUT2D eigenvalue weighted by Crippen LogP contribution is -2.22. The fourth-order valence-electron chi connectivity index (χ4n) is 4.34. The maximum absolute atomic E-state index is 14.0. The molecule has 4 aromatic rings. The van der Waals surface area contributed by atoms with E-state index in [4.69, 9.17) is 20.9 Å². The Hall–Kier alpha value is -3.88. The van der Waals surface area contributed by atoms with Crippen LogP contribution in [0.2, 0.25) is 0 Å². The van der Waals surface area contributed by atoms with Crippen molar-refractivity contribution in [3.05, 3.63) is 95.1 Å². The summed E-state index contributed by atoms with van der Waals surface area (Å²) in [7, 11) is 0. The van der Waals surface area contributed by atoms with Crippen molar-refractivity contribution in [3.8, 4) is 11.5 Å². The summed E-state index contributed by atoms with van der Waals surface area (Å²) in [4.78, 5) is 30.5. The van der Waals surface area contributed by atoms with Crippen LogP contribution in [0.25, 0.3) is 0 Å². The number of hydrogen-bond donors (Lipinski definition) is 2. The molecule has 0 bridgehead atoms. The van der Waals surface area contributed by atoms with E-state index in [9.17, 15) is 9.59 Å². The highest BCUT2D eigenvalue weighted by Crippen LogP contribution is 2.43. The molecule has 0 saturated carbocycles. The molecule has 0 saturated heterocycles. The van der Waals surface area contributed by atoms with Crippen molar-refractivity contribution in [1.82, 2.24) is 0 Å². The second-order valence-electron chi connectivity index (χ2n) is 8.49. The third kappa shape index (κ3) is 4.85. The molecule has 38 heavy (non-hydrogen) atoms. The summed E-state index contributed by atoms with van der Waals surface area (Å²) >= 11 is 2.72. The Labute approximate surface area is 229 Å². The third-order valence-corrected chi connectivity index (χ3v) is 8.32. The van der Waals surface area contributed by atoms with Crippen molar-refractivity contribution in [2.45, 2.75) is 33.4 Å². The fraction of sp³-hybridized carbons (Fsp3) is 0.133. The van der Waals surface area contributed by atoms with E-state index in [0.29, 0.717) is 68.1 Å². The van der Waals surface area contributed by atoms with Crippen molar-refractivity contribution in [2.75, 3.05) is 24.7 Å². The van der Waals surface area contributed by atoms with Gasteiger partial charge in [0, 0.05) is 65.3 Å². The zero-order valence-corrected chi connectivity index (χ0v) is 22.6. The summed E-state index contributed by atoms with van der Waals surface area (Å²) in [5.41, 5.74) is 15.2. The molecule has 1 aliphatic carbocycles. The van der Waals surface area contributed by atoms with Gasteiger partial charge in [-0.15, -0.1) is 0 Å². The SMILES string of the molecule is CCOc1ccc(Sc2cccc3c2C(=O)c2c(Sc4ccc(OCC)cc4N)cccc2C3=O)c(N)c1. The molecule has 0 fully saturated rings. The number of carbonyl (C=O) groups is 2. The van der Waals surface area contributed by atoms with Gasteiger partial charge in [0.1, 0.15) is 11.5 Å². The smallest absolute Gasteiger partial charge is 0.196 e. The number of nitrogens with two attached hydrogens (primary N) is 2. The molecule has 4 N–H and O–H groups in total. The fourth-order valence-corrected chi connectivity index (χ4v) is 6.34. The number of ketones is 2. The number of benzene rings is 4. The topological polar surface area (TPSA) is 105 Å². The number of rotatable bonds is 8. The van der Waals surface area contributed by atoms with Crippen LogP contribution in [-0.4, -0.2) is 24.8 Å². The lowest BCUT2D eigenvalue weighted by molar-refractivity contribution is 0.0974. The summed E-state index contributed by atoms with van der Waals surface area (Å²) in [6, 6.07) is 21.6. The first-order chi connectivity index (χ1) is 18.4. The molecule has 0 atom stereocenters. The zero-order chi connectivity index (χ0) is 26.8. The average molecular weight is 543 g/mol. The summed E-state index contributed by atoms with van der Waals surface area (Å²) in [6.45, 7) is 4.90. The number of hydrogen-bond acceptors (Lipinski definition) is 8. The highest BCUT2D eigenvalue weighted by Gasteiger charge is 2.34. The van der Waals surface area contributed by atoms with Crippen molar-refractivity contribution in [3.63, 3.8) is 0 Å². The van der Waals surface area contributed by atoms with Crippen LogP contribution < -0.4 is 20.9 Å². The predicted octanol–water partition coefficient (Wildman–Crippen LogP) is 6.73. The van der Waals surface area contributed by atoms with Crippen molar-refractivity contribution >= 4 is 46.5 Å². The number of nitrogen functional groups attached to an aromatic ring is 2. The Morgan fingerprint density at radius 1 is 0.605 bits per heavy atom. The molecule has 0 amide bonds. The summed E-state index contributed by atoms with van der Waals surface area (Å²) in [6.07, 6.45) is 0. The maximum atomic E-state index is 14.0. The molecule has 192 valence electrons. The molecular formula is C30H26N2O4S2. The van der Waals surface area contributed by atoms with E-state index in [1.807, 2.05) is 50.2 Å². The van der Waals surface area contributed by atoms with Gasteiger partial charge in [0.2, 0.25) is 0 Å². The van der Waals surface area contributed by atoms with Crippen LogP contribution >= 0.6 is 23.5 Å². The van der Waals surface area contributed by atoms with E-state index in [1.165, 1.54) is 23.5 Å². The summed E-state index contributed by atoms with van der Waals surface area (Å²) in [5, 5.41) is 0. The van der Waals surface area contributed by atoms with Crippen molar-refractivity contribution in [2.24, 2.45) is 0 Å². The largest absolute Gasteiger partial charge is 0.494 e. The summed E-state index contributed by atoms with van der Waals surface area (Å²) in [5.74, 6) is 0.980. The summed E-state index contributed by atoms with van der Waals surface area (Å²) < 4.78 is 11.1. The Bertz CT molecular complexity index is 1460. The molecule has 0 radical (unpaired) electrons. The van der Waals surface area contributed by atoms with Gasteiger partial charge in [-0.25, -0.2) is 0 Å². The van der Waals surface area contributed by atoms with Gasteiger partial charge in [0.15, 0.2) is 11.6 Å². The molecular weight excluding hydrogens is 516 g/mol. The van der Waals surface area contributed by atoms with Crippen molar-refractivity contribution < 1.29 is 19.1 Å². The molecule has 0 aromatic heterocycles. The number of anilines is 2. The van der Waals surface area contributed by atoms with E-state index in [2.05, 4.69) is 0 Å². The molecule has 4 aromatic carbocycles. The van der Waals surface area contributed by atoms with Crippen LogP contribution in [0, 0.1) is 0 Å². The van der Waals surface area contributed by atoms with E-state index in [1.54, 1.807) is 36.4 Å². The van der Waals surface area contributed by atoms with Gasteiger partial charge in [-0.3, -0.25) is 9.59 Å².